The molecule has 0 radical (unpaired) electrons. The van der Waals surface area contributed by atoms with Gasteiger partial charge in [-0.15, -0.1) is 0 Å². The van der Waals surface area contributed by atoms with E-state index < -0.39 is 17.7 Å². The van der Waals surface area contributed by atoms with Crippen molar-refractivity contribution in [3.05, 3.63) is 46.6 Å². The first kappa shape index (κ1) is 27.3. The molecule has 11 heteroatoms. The maximum Gasteiger partial charge on any atom is 0.322 e. The van der Waals surface area contributed by atoms with Gasteiger partial charge in [0.25, 0.3) is 5.91 Å². The highest BCUT2D eigenvalue weighted by atomic mass is 19.1. The minimum absolute atomic E-state index is 0.166. The molecule has 6 aliphatic rings. The molecule has 2 N–H and O–H groups in total. The summed E-state index contributed by atoms with van der Waals surface area (Å²) in [5.74, 6) is 0.494. The Kier molecular flexibility index (Phi) is 6.24. The number of carbonyl (C=O) groups excluding carboxylic acids is 2. The molecule has 4 fully saturated rings. The van der Waals surface area contributed by atoms with Crippen molar-refractivity contribution >= 4 is 17.8 Å². The molecule has 1 aromatic heterocycles. The first-order chi connectivity index (χ1) is 20.8. The lowest BCUT2D eigenvalue weighted by molar-refractivity contribution is -0.124. The molecule has 1 aliphatic carbocycles. The van der Waals surface area contributed by atoms with Crippen LogP contribution in [-0.4, -0.2) is 88.8 Å². The molecule has 0 bridgehead atoms. The van der Waals surface area contributed by atoms with Crippen molar-refractivity contribution < 1.29 is 18.7 Å². The molecule has 3 amide bonds. The number of likely N-dealkylation sites (N-methyl/N-ethyl adjacent to an activating group) is 1. The van der Waals surface area contributed by atoms with E-state index >= 15 is 0 Å². The average molecular weight is 590 g/mol. The van der Waals surface area contributed by atoms with Gasteiger partial charge in [-0.3, -0.25) is 19.9 Å². The number of carbonyl (C=O) groups is 2. The topological polar surface area (TPSA) is 103 Å². The lowest BCUT2D eigenvalue weighted by Crippen LogP contribution is -2.59. The van der Waals surface area contributed by atoms with Gasteiger partial charge < -0.3 is 15.0 Å². The van der Waals surface area contributed by atoms with Gasteiger partial charge in [0.2, 0.25) is 0 Å². The Hall–Kier alpha value is -3.31. The van der Waals surface area contributed by atoms with Crippen LogP contribution in [0.1, 0.15) is 67.3 Å². The van der Waals surface area contributed by atoms with Crippen LogP contribution in [0.25, 0.3) is 0 Å². The molecule has 0 unspecified atom stereocenters. The Morgan fingerprint density at radius 1 is 1.09 bits per heavy atom. The van der Waals surface area contributed by atoms with Crippen LogP contribution in [0.5, 0.6) is 6.01 Å². The summed E-state index contributed by atoms with van der Waals surface area (Å²) < 4.78 is 21.0. The van der Waals surface area contributed by atoms with Gasteiger partial charge in [-0.2, -0.15) is 9.97 Å². The number of amides is 3. The number of anilines is 1. The monoisotopic (exact) mass is 589 g/mol. The summed E-state index contributed by atoms with van der Waals surface area (Å²) in [5.41, 5.74) is 3.37. The quantitative estimate of drug-likeness (QED) is 0.525. The summed E-state index contributed by atoms with van der Waals surface area (Å²) >= 11 is 0. The number of hydrogen-bond donors (Lipinski definition) is 2. The van der Waals surface area contributed by atoms with E-state index in [9.17, 15) is 14.0 Å². The maximum absolute atomic E-state index is 14.5. The number of rotatable bonds is 4. The first-order valence-corrected chi connectivity index (χ1v) is 15.9. The summed E-state index contributed by atoms with van der Waals surface area (Å²) in [4.78, 5) is 42.0. The number of hydrogen-bond acceptors (Lipinski definition) is 8. The second-order valence-corrected chi connectivity index (χ2v) is 13.7. The minimum atomic E-state index is -0.971. The van der Waals surface area contributed by atoms with Crippen LogP contribution in [-0.2, 0) is 29.7 Å². The molecule has 1 aromatic carbocycles. The first-order valence-electron chi connectivity index (χ1n) is 15.9. The highest BCUT2D eigenvalue weighted by Crippen LogP contribution is 2.47. The second kappa shape index (κ2) is 9.85. The highest BCUT2D eigenvalue weighted by Gasteiger charge is 2.52. The predicted molar refractivity (Wildman–Crippen MR) is 158 cm³/mol. The van der Waals surface area contributed by atoms with E-state index in [1.54, 1.807) is 0 Å². The smallest absolute Gasteiger partial charge is 0.322 e. The Balaban J connectivity index is 1.18. The van der Waals surface area contributed by atoms with Gasteiger partial charge in [0, 0.05) is 38.0 Å². The number of fused-ring (bicyclic) bond motifs is 4. The molecule has 2 spiro atoms. The van der Waals surface area contributed by atoms with E-state index in [-0.39, 0.29) is 17.0 Å². The summed E-state index contributed by atoms with van der Waals surface area (Å²) in [6, 6.07) is 8.66. The lowest BCUT2D eigenvalue weighted by Gasteiger charge is -2.50. The molecule has 2 aromatic rings. The van der Waals surface area contributed by atoms with Gasteiger partial charge in [-0.25, -0.2) is 9.18 Å². The molecule has 4 atom stereocenters. The van der Waals surface area contributed by atoms with Crippen LogP contribution in [0.4, 0.5) is 15.0 Å². The SMILES string of the molecule is CN1Cc2c(nc(OC[C@@]34CCCN3C[C@H](F)C4)nc2N2CCC[C@]3(C2)NC(=O)NC3=O)C[C@]12CCCc1ccccc12. The summed E-state index contributed by atoms with van der Waals surface area (Å²) in [6.45, 7) is 3.46. The summed E-state index contributed by atoms with van der Waals surface area (Å²) in [7, 11) is 2.20. The van der Waals surface area contributed by atoms with Gasteiger partial charge in [0.15, 0.2) is 0 Å². The number of halogens is 1. The Labute approximate surface area is 251 Å². The van der Waals surface area contributed by atoms with Crippen molar-refractivity contribution in [2.24, 2.45) is 0 Å². The zero-order chi connectivity index (χ0) is 29.4. The molecule has 6 heterocycles. The molecular formula is C32H40FN7O3. The molecule has 228 valence electrons. The van der Waals surface area contributed by atoms with E-state index in [4.69, 9.17) is 14.7 Å². The number of nitrogens with zero attached hydrogens (tertiary/aromatic N) is 5. The van der Waals surface area contributed by atoms with Gasteiger partial charge in [0.1, 0.15) is 24.1 Å². The van der Waals surface area contributed by atoms with Gasteiger partial charge >= 0.3 is 12.0 Å². The highest BCUT2D eigenvalue weighted by molar-refractivity contribution is 6.07. The minimum Gasteiger partial charge on any atom is -0.461 e. The largest absolute Gasteiger partial charge is 0.461 e. The molecular weight excluding hydrogens is 549 g/mol. The fourth-order valence-corrected chi connectivity index (χ4v) is 9.11. The number of urea groups is 1. The van der Waals surface area contributed by atoms with Crippen LogP contribution in [0.3, 0.4) is 0 Å². The van der Waals surface area contributed by atoms with Crippen LogP contribution in [0.2, 0.25) is 0 Å². The van der Waals surface area contributed by atoms with E-state index in [0.717, 1.165) is 68.6 Å². The molecule has 43 heavy (non-hydrogen) atoms. The Morgan fingerprint density at radius 3 is 2.81 bits per heavy atom. The van der Waals surface area contributed by atoms with E-state index in [1.807, 2.05) is 0 Å². The number of imide groups is 1. The zero-order valence-corrected chi connectivity index (χ0v) is 24.8. The molecule has 10 nitrogen and oxygen atoms in total. The number of alkyl halides is 1. The van der Waals surface area contributed by atoms with Gasteiger partial charge in [0.05, 0.1) is 23.3 Å². The van der Waals surface area contributed by atoms with Crippen LogP contribution in [0, 0.1) is 0 Å². The van der Waals surface area contributed by atoms with Crippen molar-refractivity contribution in [3.8, 4) is 6.01 Å². The van der Waals surface area contributed by atoms with Crippen molar-refractivity contribution in [1.82, 2.24) is 30.4 Å². The molecule has 5 aliphatic heterocycles. The zero-order valence-electron chi connectivity index (χ0n) is 24.8. The average Bonchev–Trinajstić information content (AvgIpc) is 3.61. The lowest BCUT2D eigenvalue weighted by atomic mass is 9.71. The Bertz CT molecular complexity index is 1490. The number of aryl methyl sites for hydroxylation is 1. The molecule has 4 saturated heterocycles. The number of aromatic nitrogens is 2. The normalized spacial score (nSPS) is 33.8. The van der Waals surface area contributed by atoms with E-state index in [1.165, 1.54) is 11.1 Å². The predicted octanol–water partition coefficient (Wildman–Crippen LogP) is 2.83. The third-order valence-electron chi connectivity index (χ3n) is 11.2. The standard InChI is InChI=1S/C32H40FN7O3/c1-38-18-23-25(16-32(38)12-4-8-21-7-2-3-9-24(21)32)34-29(43-20-30-10-5-14-40(30)17-22(33)15-30)35-26(23)39-13-6-11-31(19-39)27(41)36-28(42)37-31/h2-3,7,9,22H,4-6,8,10-20H2,1H3,(H2,36,37,41,42)/t22-,30+,31-,32+/m1/s1. The van der Waals surface area contributed by atoms with Crippen molar-refractivity contribution in [2.75, 3.05) is 44.7 Å². The Morgan fingerprint density at radius 2 is 1.95 bits per heavy atom. The van der Waals surface area contributed by atoms with Crippen LogP contribution in [0.15, 0.2) is 24.3 Å². The third kappa shape index (κ3) is 4.25. The fraction of sp³-hybridized carbons (Fsp3) is 0.625. The molecule has 0 saturated carbocycles. The summed E-state index contributed by atoms with van der Waals surface area (Å²) in [5, 5.41) is 5.34. The van der Waals surface area contributed by atoms with Crippen LogP contribution >= 0.6 is 0 Å². The van der Waals surface area contributed by atoms with Crippen molar-refractivity contribution in [1.29, 1.82) is 0 Å². The number of benzene rings is 1. The maximum atomic E-state index is 14.5. The number of nitrogens with one attached hydrogen (secondary N) is 2. The van der Waals surface area contributed by atoms with Gasteiger partial charge in [-0.1, -0.05) is 24.3 Å². The number of ether oxygens (including phenoxy) is 1. The van der Waals surface area contributed by atoms with Gasteiger partial charge in [-0.05, 0) is 69.7 Å². The van der Waals surface area contributed by atoms with E-state index in [2.05, 4.69) is 56.6 Å². The van der Waals surface area contributed by atoms with E-state index in [0.29, 0.717) is 51.6 Å². The third-order valence-corrected chi connectivity index (χ3v) is 11.2. The second-order valence-electron chi connectivity index (χ2n) is 13.7. The summed E-state index contributed by atoms with van der Waals surface area (Å²) in [6.07, 6.45) is 6.92. The van der Waals surface area contributed by atoms with Crippen molar-refractivity contribution in [2.45, 2.75) is 87.1 Å². The fourth-order valence-electron chi connectivity index (χ4n) is 9.11. The van der Waals surface area contributed by atoms with Crippen LogP contribution < -0.4 is 20.3 Å². The molecule has 8 rings (SSSR count). The van der Waals surface area contributed by atoms with Crippen molar-refractivity contribution in [3.63, 3.8) is 0 Å². The number of piperidine rings is 1.